The summed E-state index contributed by atoms with van der Waals surface area (Å²) >= 11 is 0. The van der Waals surface area contributed by atoms with Crippen LogP contribution >= 0.6 is 0 Å². The van der Waals surface area contributed by atoms with Crippen LogP contribution in [0.25, 0.3) is 10.9 Å². The number of methoxy groups -OCH3 is 1. The molecule has 1 amide bonds. The Morgan fingerprint density at radius 2 is 1.74 bits per heavy atom. The van der Waals surface area contributed by atoms with E-state index in [1.807, 2.05) is 42.5 Å². The van der Waals surface area contributed by atoms with Crippen molar-refractivity contribution in [3.05, 3.63) is 60.8 Å². The maximum absolute atomic E-state index is 11.9. The summed E-state index contributed by atoms with van der Waals surface area (Å²) in [7, 11) is 1.56. The summed E-state index contributed by atoms with van der Waals surface area (Å²) in [4.78, 5) is 16.3. The number of rotatable bonds is 9. The number of hydrogen-bond acceptors (Lipinski definition) is 5. The Hall–Kier alpha value is -3.28. The Balaban J connectivity index is 1.38. The summed E-state index contributed by atoms with van der Waals surface area (Å²) in [6, 6.07) is 17.0. The van der Waals surface area contributed by atoms with Crippen LogP contribution in [0.5, 0.6) is 17.2 Å². The van der Waals surface area contributed by atoms with Crippen molar-refractivity contribution in [2.75, 3.05) is 26.9 Å². The molecule has 0 spiro atoms. The lowest BCUT2D eigenvalue weighted by Gasteiger charge is -2.11. The highest BCUT2D eigenvalue weighted by molar-refractivity contribution is 5.84. The van der Waals surface area contributed by atoms with Gasteiger partial charge in [-0.2, -0.15) is 0 Å². The largest absolute Gasteiger partial charge is 0.493 e. The summed E-state index contributed by atoms with van der Waals surface area (Å²) in [6.45, 7) is 0.935. The van der Waals surface area contributed by atoms with E-state index in [2.05, 4.69) is 10.3 Å². The number of amides is 1. The maximum Gasteiger partial charge on any atom is 0.257 e. The molecular formula is C21H22N2O4. The number of pyridine rings is 1. The van der Waals surface area contributed by atoms with E-state index in [1.54, 1.807) is 25.4 Å². The quantitative estimate of drug-likeness (QED) is 0.589. The average Bonchev–Trinajstić information content (AvgIpc) is 2.72. The second kappa shape index (κ2) is 9.43. The zero-order chi connectivity index (χ0) is 18.9. The van der Waals surface area contributed by atoms with Gasteiger partial charge in [0, 0.05) is 18.1 Å². The van der Waals surface area contributed by atoms with Crippen LogP contribution in [0.2, 0.25) is 0 Å². The Kier molecular flexibility index (Phi) is 6.46. The fourth-order valence-corrected chi connectivity index (χ4v) is 2.61. The number of aromatic nitrogens is 1. The normalized spacial score (nSPS) is 10.4. The summed E-state index contributed by atoms with van der Waals surface area (Å²) in [5, 5.41) is 3.85. The minimum Gasteiger partial charge on any atom is -0.493 e. The molecule has 1 aromatic heterocycles. The van der Waals surface area contributed by atoms with E-state index < -0.39 is 0 Å². The van der Waals surface area contributed by atoms with E-state index in [0.29, 0.717) is 31.1 Å². The molecule has 1 N–H and O–H groups in total. The second-order valence-corrected chi connectivity index (χ2v) is 5.82. The molecule has 0 aliphatic rings. The predicted molar refractivity (Wildman–Crippen MR) is 103 cm³/mol. The first-order chi connectivity index (χ1) is 13.3. The Bertz CT molecular complexity index is 893. The molecule has 0 bridgehead atoms. The minimum atomic E-state index is -0.187. The first-order valence-electron chi connectivity index (χ1n) is 8.77. The van der Waals surface area contributed by atoms with Gasteiger partial charge in [-0.25, -0.2) is 0 Å². The summed E-state index contributed by atoms with van der Waals surface area (Å²) in [5.74, 6) is 1.70. The van der Waals surface area contributed by atoms with Crippen LogP contribution in [0.15, 0.2) is 60.8 Å². The zero-order valence-electron chi connectivity index (χ0n) is 15.2. The van der Waals surface area contributed by atoms with Gasteiger partial charge in [-0.05, 0) is 30.7 Å². The smallest absolute Gasteiger partial charge is 0.257 e. The molecular weight excluding hydrogens is 344 g/mol. The molecule has 0 fully saturated rings. The van der Waals surface area contributed by atoms with Crippen LogP contribution < -0.4 is 19.5 Å². The molecule has 140 valence electrons. The lowest BCUT2D eigenvalue weighted by Crippen LogP contribution is -2.30. The first-order valence-corrected chi connectivity index (χ1v) is 8.77. The predicted octanol–water partition coefficient (Wildman–Crippen LogP) is 3.21. The third-order valence-electron chi connectivity index (χ3n) is 3.92. The summed E-state index contributed by atoms with van der Waals surface area (Å²) in [6.07, 6.45) is 2.43. The van der Waals surface area contributed by atoms with Crippen molar-refractivity contribution in [1.29, 1.82) is 0 Å². The minimum absolute atomic E-state index is 0.0610. The summed E-state index contributed by atoms with van der Waals surface area (Å²) in [5.41, 5.74) is 0.842. The van der Waals surface area contributed by atoms with Gasteiger partial charge in [0.15, 0.2) is 18.1 Å². The molecule has 0 saturated heterocycles. The molecule has 6 heteroatoms. The fourth-order valence-electron chi connectivity index (χ4n) is 2.61. The van der Waals surface area contributed by atoms with Crippen molar-refractivity contribution in [3.8, 4) is 17.2 Å². The van der Waals surface area contributed by atoms with Gasteiger partial charge in [0.2, 0.25) is 0 Å². The molecule has 0 unspecified atom stereocenters. The van der Waals surface area contributed by atoms with E-state index in [1.165, 1.54) is 0 Å². The van der Waals surface area contributed by atoms with Crippen molar-refractivity contribution in [1.82, 2.24) is 10.3 Å². The number of fused-ring (bicyclic) bond motifs is 1. The van der Waals surface area contributed by atoms with Crippen molar-refractivity contribution in [2.24, 2.45) is 0 Å². The molecule has 3 rings (SSSR count). The van der Waals surface area contributed by atoms with Crippen LogP contribution in [-0.4, -0.2) is 37.8 Å². The van der Waals surface area contributed by atoms with Crippen molar-refractivity contribution < 1.29 is 19.0 Å². The van der Waals surface area contributed by atoms with Gasteiger partial charge in [-0.3, -0.25) is 9.78 Å². The van der Waals surface area contributed by atoms with Crippen LogP contribution in [0.3, 0.4) is 0 Å². The molecule has 3 aromatic rings. The van der Waals surface area contributed by atoms with Gasteiger partial charge in [0.25, 0.3) is 5.91 Å². The highest BCUT2D eigenvalue weighted by atomic mass is 16.5. The van der Waals surface area contributed by atoms with Crippen molar-refractivity contribution in [3.63, 3.8) is 0 Å². The van der Waals surface area contributed by atoms with E-state index in [0.717, 1.165) is 16.7 Å². The number of nitrogens with zero attached hydrogens (tertiary/aromatic N) is 1. The molecule has 0 aliphatic carbocycles. The van der Waals surface area contributed by atoms with E-state index in [4.69, 9.17) is 14.2 Å². The van der Waals surface area contributed by atoms with Crippen molar-refractivity contribution >= 4 is 16.8 Å². The Morgan fingerprint density at radius 3 is 2.59 bits per heavy atom. The number of carbonyl (C=O) groups excluding carboxylic acids is 1. The Morgan fingerprint density at radius 1 is 0.963 bits per heavy atom. The maximum atomic E-state index is 11.9. The van der Waals surface area contributed by atoms with Crippen LogP contribution in [0.4, 0.5) is 0 Å². The molecule has 0 atom stereocenters. The zero-order valence-corrected chi connectivity index (χ0v) is 15.2. The van der Waals surface area contributed by atoms with Crippen LogP contribution in [0, 0.1) is 0 Å². The molecule has 0 radical (unpaired) electrons. The van der Waals surface area contributed by atoms with Gasteiger partial charge >= 0.3 is 0 Å². The first kappa shape index (κ1) is 18.5. The summed E-state index contributed by atoms with van der Waals surface area (Å²) < 4.78 is 16.5. The van der Waals surface area contributed by atoms with Gasteiger partial charge < -0.3 is 19.5 Å². The second-order valence-electron chi connectivity index (χ2n) is 5.82. The molecule has 27 heavy (non-hydrogen) atoms. The number of hydrogen-bond donors (Lipinski definition) is 1. The lowest BCUT2D eigenvalue weighted by molar-refractivity contribution is -0.123. The van der Waals surface area contributed by atoms with Gasteiger partial charge in [0.1, 0.15) is 11.3 Å². The standard InChI is InChI=1S/C21H22N2O4/c1-25-17-9-2-3-10-18(17)27-15-20(24)22-13-6-14-26-19-11-4-7-16-8-5-12-23-21(16)19/h2-5,7-12H,6,13-15H2,1H3,(H,22,24). The molecule has 6 nitrogen and oxygen atoms in total. The highest BCUT2D eigenvalue weighted by Crippen LogP contribution is 2.25. The molecule has 0 aliphatic heterocycles. The number of carbonyl (C=O) groups is 1. The van der Waals surface area contributed by atoms with E-state index in [9.17, 15) is 4.79 Å². The van der Waals surface area contributed by atoms with Gasteiger partial charge in [-0.15, -0.1) is 0 Å². The van der Waals surface area contributed by atoms with Crippen LogP contribution in [-0.2, 0) is 4.79 Å². The van der Waals surface area contributed by atoms with E-state index in [-0.39, 0.29) is 12.5 Å². The number of para-hydroxylation sites is 3. The van der Waals surface area contributed by atoms with Gasteiger partial charge in [-0.1, -0.05) is 30.3 Å². The number of nitrogens with one attached hydrogen (secondary N) is 1. The monoisotopic (exact) mass is 366 g/mol. The van der Waals surface area contributed by atoms with E-state index >= 15 is 0 Å². The van der Waals surface area contributed by atoms with Gasteiger partial charge in [0.05, 0.1) is 13.7 Å². The fraction of sp³-hybridized carbons (Fsp3) is 0.238. The average molecular weight is 366 g/mol. The van der Waals surface area contributed by atoms with Crippen molar-refractivity contribution in [2.45, 2.75) is 6.42 Å². The number of ether oxygens (including phenoxy) is 3. The molecule has 0 saturated carbocycles. The third kappa shape index (κ3) is 5.10. The molecule has 1 heterocycles. The van der Waals surface area contributed by atoms with Crippen LogP contribution in [0.1, 0.15) is 6.42 Å². The lowest BCUT2D eigenvalue weighted by atomic mass is 10.2. The molecule has 2 aromatic carbocycles. The SMILES string of the molecule is COc1ccccc1OCC(=O)NCCCOc1cccc2cccnc12. The number of benzene rings is 2. The third-order valence-corrected chi connectivity index (χ3v) is 3.92. The Labute approximate surface area is 158 Å². The topological polar surface area (TPSA) is 69.7 Å². The highest BCUT2D eigenvalue weighted by Gasteiger charge is 2.07.